The monoisotopic (exact) mass is 675 g/mol. The molecule has 8 bridgehead atoms. The number of nitrogens with one attached hydrogen (secondary N) is 2. The van der Waals surface area contributed by atoms with Crippen LogP contribution in [0.1, 0.15) is 0 Å². The zero-order chi connectivity index (χ0) is 31.6. The first-order valence-corrected chi connectivity index (χ1v) is 15.0. The second-order valence-corrected chi connectivity index (χ2v) is 11.2. The smallest absolute Gasteiger partial charge is 0.319 e. The molecule has 1 radical (unpaired) electrons. The van der Waals surface area contributed by atoms with Crippen molar-refractivity contribution >= 4 is 55.9 Å². The number of amides is 2. The van der Waals surface area contributed by atoms with Crippen molar-refractivity contribution in [1.29, 1.82) is 0 Å². The molecule has 12 heteroatoms. The number of benzene rings is 4. The number of H-pyrrole nitrogens is 2. The van der Waals surface area contributed by atoms with Gasteiger partial charge in [-0.25, -0.2) is 34.7 Å². The first-order valence-electron chi connectivity index (χ1n) is 15.0. The molecule has 9 rings (SSSR count). The van der Waals surface area contributed by atoms with Gasteiger partial charge in [0, 0.05) is 62.0 Å². The van der Waals surface area contributed by atoms with Crippen molar-refractivity contribution in [3.8, 4) is 45.6 Å². The Morgan fingerprint density at radius 2 is 1.02 bits per heavy atom. The van der Waals surface area contributed by atoms with Crippen LogP contribution in [0.3, 0.4) is 0 Å². The fourth-order valence-electron chi connectivity index (χ4n) is 6.33. The van der Waals surface area contributed by atoms with Crippen LogP contribution in [-0.2, 0) is 17.1 Å². The molecule has 2 amide bonds. The van der Waals surface area contributed by atoms with Crippen LogP contribution in [0, 0.1) is 0 Å². The van der Waals surface area contributed by atoms with E-state index in [0.29, 0.717) is 57.0 Å². The van der Waals surface area contributed by atoms with Gasteiger partial charge in [0.2, 0.25) is 0 Å². The summed E-state index contributed by atoms with van der Waals surface area (Å²) in [6, 6.07) is 28.7. The zero-order valence-electron chi connectivity index (χ0n) is 25.1. The number of aromatic amines is 2. The van der Waals surface area contributed by atoms with Gasteiger partial charge >= 0.3 is 6.03 Å². The van der Waals surface area contributed by atoms with Crippen LogP contribution in [0.15, 0.2) is 104 Å². The summed E-state index contributed by atoms with van der Waals surface area (Å²) in [5.41, 5.74) is 12.0. The number of nitrogens with two attached hydrogens (primary N) is 1. The van der Waals surface area contributed by atoms with Gasteiger partial charge in [0.15, 0.2) is 23.3 Å². The molecule has 2 aliphatic heterocycles. The maximum Gasteiger partial charge on any atom is 0.319 e. The van der Waals surface area contributed by atoms with Crippen LogP contribution in [-0.4, -0.2) is 52.4 Å². The number of urea groups is 1. The number of nitrogens with zero attached hydrogens (tertiary/aromatic N) is 7. The number of aromatic nitrogens is 8. The van der Waals surface area contributed by atoms with Gasteiger partial charge in [0.25, 0.3) is 0 Å². The van der Waals surface area contributed by atoms with E-state index in [-0.39, 0.29) is 23.6 Å². The fraction of sp³-hybridized carbons (Fsp3) is 0.0278. The van der Waals surface area contributed by atoms with E-state index >= 15 is 0 Å². The third-order valence-corrected chi connectivity index (χ3v) is 8.43. The van der Waals surface area contributed by atoms with Crippen LogP contribution in [0.4, 0.5) is 10.5 Å². The quantitative estimate of drug-likeness (QED) is 0.135. The predicted molar refractivity (Wildman–Crippen MR) is 183 cm³/mol. The Labute approximate surface area is 283 Å². The van der Waals surface area contributed by atoms with Crippen LogP contribution in [0.2, 0.25) is 0 Å². The molecule has 0 atom stereocenters. The minimum absolute atomic E-state index is 0. The molecule has 0 unspecified atom stereocenters. The van der Waals surface area contributed by atoms with Crippen LogP contribution < -0.4 is 10.6 Å². The molecule has 5 heterocycles. The van der Waals surface area contributed by atoms with Gasteiger partial charge in [-0.05, 0) is 6.07 Å². The van der Waals surface area contributed by atoms with Gasteiger partial charge in [-0.3, -0.25) is 4.90 Å². The molecule has 0 fully saturated rings. The summed E-state index contributed by atoms with van der Waals surface area (Å²) in [7, 11) is 0. The van der Waals surface area contributed by atoms with Gasteiger partial charge in [-0.2, -0.15) is 0 Å². The van der Waals surface area contributed by atoms with Gasteiger partial charge < -0.3 is 15.7 Å². The summed E-state index contributed by atoms with van der Waals surface area (Å²) in [4.78, 5) is 51.0. The third kappa shape index (κ3) is 4.46. The molecule has 4 aromatic carbocycles. The number of primary amides is 1. The van der Waals surface area contributed by atoms with Crippen molar-refractivity contribution in [2.75, 3.05) is 11.4 Å². The summed E-state index contributed by atoms with van der Waals surface area (Å²) in [6.45, 7) is 4.03. The summed E-state index contributed by atoms with van der Waals surface area (Å²) < 4.78 is 0. The average Bonchev–Trinajstić information content (AvgIpc) is 3.83. The number of hydrogen-bond acceptors (Lipinski definition) is 7. The van der Waals surface area contributed by atoms with Crippen molar-refractivity contribution in [3.05, 3.63) is 104 Å². The molecule has 0 aliphatic carbocycles. The third-order valence-electron chi connectivity index (χ3n) is 8.43. The first kappa shape index (κ1) is 29.2. The molecular weight excluding hydrogens is 652 g/mol. The van der Waals surface area contributed by atoms with Crippen LogP contribution in [0.5, 0.6) is 0 Å². The molecule has 0 saturated carbocycles. The molecule has 0 saturated heterocycles. The second kappa shape index (κ2) is 11.2. The molecule has 2 aliphatic rings. The molecular formula is C36H24CuN10O. The van der Waals surface area contributed by atoms with Gasteiger partial charge in [0.05, 0.1) is 11.1 Å². The molecule has 0 spiro atoms. The minimum atomic E-state index is -0.619. The van der Waals surface area contributed by atoms with Gasteiger partial charge in [-0.1, -0.05) is 91.0 Å². The number of anilines is 1. The SMILES string of the molecule is C=CCN(C(N)=O)c1cccc2c3nc4nc(nc5[nH]c(nc6nc(nc([nH]3)c12)-c1ccccc1-6)c1ccccc51)-c1ccccc1-4.[Cu]. The van der Waals surface area contributed by atoms with E-state index in [9.17, 15) is 4.79 Å². The van der Waals surface area contributed by atoms with Crippen molar-refractivity contribution < 1.29 is 21.9 Å². The van der Waals surface area contributed by atoms with Crippen LogP contribution in [0.25, 0.3) is 89.7 Å². The maximum atomic E-state index is 12.7. The van der Waals surface area contributed by atoms with Crippen molar-refractivity contribution in [3.63, 3.8) is 0 Å². The number of hydrogen-bond donors (Lipinski definition) is 3. The average molecular weight is 676 g/mol. The van der Waals surface area contributed by atoms with Gasteiger partial charge in [0.1, 0.15) is 22.6 Å². The van der Waals surface area contributed by atoms with E-state index in [1.165, 1.54) is 4.90 Å². The van der Waals surface area contributed by atoms with E-state index < -0.39 is 6.03 Å². The molecule has 7 aromatic rings. The summed E-state index contributed by atoms with van der Waals surface area (Å²) >= 11 is 0. The van der Waals surface area contributed by atoms with Crippen LogP contribution >= 0.6 is 0 Å². The first-order chi connectivity index (χ1) is 23.1. The molecule has 235 valence electrons. The number of carbonyl (C=O) groups excluding carboxylic acids is 1. The Morgan fingerprint density at radius 1 is 0.604 bits per heavy atom. The van der Waals surface area contributed by atoms with E-state index in [4.69, 9.17) is 35.6 Å². The largest absolute Gasteiger partial charge is 0.351 e. The van der Waals surface area contributed by atoms with E-state index in [1.807, 2.05) is 91.0 Å². The van der Waals surface area contributed by atoms with Crippen molar-refractivity contribution in [2.45, 2.75) is 0 Å². The standard InChI is InChI=1S/C36H24N10O.Cu/c1-2-18-46(36(37)47)26-17-9-16-25-27(26)35-44-33-24-15-8-7-14-23(24)31(42-33)40-29-20-11-4-3-10-19(20)28(38-29)39-30-21-12-5-6-13-22(21)32(41-30)43-34(25)45-35;/h2-17H,1,18H2,(H2,37,47)(H2,38,39,40,41,42,43,44,45);. The summed E-state index contributed by atoms with van der Waals surface area (Å²) in [5, 5.41) is 3.20. The fourth-order valence-corrected chi connectivity index (χ4v) is 6.33. The molecule has 48 heavy (non-hydrogen) atoms. The number of fused-ring (bicyclic) bond motifs is 20. The van der Waals surface area contributed by atoms with Gasteiger partial charge in [-0.15, -0.1) is 6.58 Å². The van der Waals surface area contributed by atoms with Crippen molar-refractivity contribution in [2.24, 2.45) is 5.73 Å². The summed E-state index contributed by atoms with van der Waals surface area (Å²) in [5.74, 6) is 1.99. The molecule has 11 nitrogen and oxygen atoms in total. The molecule has 4 N–H and O–H groups in total. The zero-order valence-corrected chi connectivity index (χ0v) is 26.0. The number of rotatable bonds is 3. The normalized spacial score (nSPS) is 11.5. The van der Waals surface area contributed by atoms with E-state index in [1.54, 1.807) is 6.08 Å². The predicted octanol–water partition coefficient (Wildman–Crippen LogP) is 6.94. The maximum absolute atomic E-state index is 12.7. The Hall–Kier alpha value is -6.23. The Balaban J connectivity index is 0.00000336. The minimum Gasteiger partial charge on any atom is -0.351 e. The van der Waals surface area contributed by atoms with E-state index in [2.05, 4.69) is 16.5 Å². The Bertz CT molecular complexity index is 2640. The second-order valence-electron chi connectivity index (χ2n) is 11.2. The number of carbonyl (C=O) groups is 1. The Morgan fingerprint density at radius 3 is 1.50 bits per heavy atom. The summed E-state index contributed by atoms with van der Waals surface area (Å²) in [6.07, 6.45) is 1.63. The molecule has 3 aromatic heterocycles. The van der Waals surface area contributed by atoms with Crippen molar-refractivity contribution in [1.82, 2.24) is 39.9 Å². The topological polar surface area (TPSA) is 155 Å². The van der Waals surface area contributed by atoms with E-state index in [0.717, 1.165) is 38.4 Å². The Kier molecular flexibility index (Phi) is 6.83.